The zero-order valence-electron chi connectivity index (χ0n) is 13.3. The third kappa shape index (κ3) is 4.09. The van der Waals surface area contributed by atoms with Crippen LogP contribution in [0.15, 0.2) is 16.7 Å². The minimum atomic E-state index is -1.28. The number of aryl methyl sites for hydroxylation is 2. The van der Waals surface area contributed by atoms with Gasteiger partial charge in [-0.1, -0.05) is 11.2 Å². The van der Waals surface area contributed by atoms with Crippen LogP contribution < -0.4 is 5.32 Å². The highest BCUT2D eigenvalue weighted by atomic mass is 16.5. The van der Waals surface area contributed by atoms with Crippen LogP contribution in [0.4, 0.5) is 0 Å². The van der Waals surface area contributed by atoms with Crippen LogP contribution in [-0.2, 0) is 20.8 Å². The first kappa shape index (κ1) is 17.5. The van der Waals surface area contributed by atoms with Gasteiger partial charge in [0.05, 0.1) is 6.42 Å². The summed E-state index contributed by atoms with van der Waals surface area (Å²) in [5, 5.41) is 24.6. The molecular weight excluding hydrogens is 316 g/mol. The van der Waals surface area contributed by atoms with E-state index in [4.69, 9.17) is 14.7 Å². The molecule has 1 unspecified atom stereocenters. The van der Waals surface area contributed by atoms with Crippen LogP contribution in [-0.4, -0.2) is 39.3 Å². The molecule has 1 amide bonds. The van der Waals surface area contributed by atoms with Gasteiger partial charge in [0.2, 0.25) is 5.91 Å². The van der Waals surface area contributed by atoms with Gasteiger partial charge in [0.15, 0.2) is 5.58 Å². The van der Waals surface area contributed by atoms with Crippen molar-refractivity contribution in [1.82, 2.24) is 10.5 Å². The van der Waals surface area contributed by atoms with Crippen LogP contribution in [0.25, 0.3) is 11.0 Å². The van der Waals surface area contributed by atoms with E-state index in [1.165, 1.54) is 0 Å². The highest BCUT2D eigenvalue weighted by Gasteiger charge is 2.22. The molecule has 8 nitrogen and oxygen atoms in total. The standard InChI is InChI=1S/C16H18N2O6/c1-8-5-9(2)15-10(6-8)12(18-24-15)7-13(19)17-11(16(22)23)3-4-14(20)21/h5-6,11H,3-4,7H2,1-2H3,(H,17,19)(H,20,21)(H,22,23). The summed E-state index contributed by atoms with van der Waals surface area (Å²) in [7, 11) is 0. The minimum absolute atomic E-state index is 0.146. The molecule has 128 valence electrons. The fraction of sp³-hybridized carbons (Fsp3) is 0.375. The molecule has 1 atom stereocenters. The Labute approximate surface area is 137 Å². The van der Waals surface area contributed by atoms with Gasteiger partial charge in [-0.3, -0.25) is 9.59 Å². The van der Waals surface area contributed by atoms with E-state index in [1.54, 1.807) is 0 Å². The third-order valence-corrected chi connectivity index (χ3v) is 3.59. The molecule has 2 rings (SSSR count). The van der Waals surface area contributed by atoms with Gasteiger partial charge in [0.25, 0.3) is 0 Å². The number of carbonyl (C=O) groups excluding carboxylic acids is 1. The number of hydrogen-bond donors (Lipinski definition) is 3. The second-order valence-electron chi connectivity index (χ2n) is 5.66. The van der Waals surface area contributed by atoms with Gasteiger partial charge in [0.1, 0.15) is 11.7 Å². The van der Waals surface area contributed by atoms with Crippen molar-refractivity contribution in [2.45, 2.75) is 39.2 Å². The van der Waals surface area contributed by atoms with Gasteiger partial charge in [0, 0.05) is 11.8 Å². The van der Waals surface area contributed by atoms with Crippen molar-refractivity contribution in [3.8, 4) is 0 Å². The summed E-state index contributed by atoms with van der Waals surface area (Å²) in [6.45, 7) is 3.78. The van der Waals surface area contributed by atoms with Crippen molar-refractivity contribution in [2.75, 3.05) is 0 Å². The van der Waals surface area contributed by atoms with Crippen molar-refractivity contribution in [3.05, 3.63) is 29.0 Å². The van der Waals surface area contributed by atoms with E-state index in [0.717, 1.165) is 11.1 Å². The summed E-state index contributed by atoms with van der Waals surface area (Å²) >= 11 is 0. The molecule has 0 aliphatic rings. The zero-order chi connectivity index (χ0) is 17.9. The Balaban J connectivity index is 2.11. The average molecular weight is 334 g/mol. The Morgan fingerprint density at radius 2 is 1.96 bits per heavy atom. The Morgan fingerprint density at radius 1 is 1.25 bits per heavy atom. The molecular formula is C16H18N2O6. The average Bonchev–Trinajstić information content (AvgIpc) is 2.86. The second kappa shape index (κ2) is 7.12. The van der Waals surface area contributed by atoms with Gasteiger partial charge >= 0.3 is 11.9 Å². The molecule has 1 aromatic heterocycles. The van der Waals surface area contributed by atoms with Gasteiger partial charge in [-0.15, -0.1) is 0 Å². The summed E-state index contributed by atoms with van der Waals surface area (Å²) < 4.78 is 5.24. The van der Waals surface area contributed by atoms with Crippen LogP contribution in [0.3, 0.4) is 0 Å². The lowest BCUT2D eigenvalue weighted by atomic mass is 10.1. The number of aliphatic carboxylic acids is 2. The molecule has 0 spiro atoms. The molecule has 0 radical (unpaired) electrons. The van der Waals surface area contributed by atoms with Gasteiger partial charge in [-0.2, -0.15) is 0 Å². The Morgan fingerprint density at radius 3 is 2.58 bits per heavy atom. The molecule has 24 heavy (non-hydrogen) atoms. The van der Waals surface area contributed by atoms with Crippen molar-refractivity contribution in [2.24, 2.45) is 0 Å². The largest absolute Gasteiger partial charge is 0.481 e. The van der Waals surface area contributed by atoms with Crippen LogP contribution in [0.5, 0.6) is 0 Å². The maximum Gasteiger partial charge on any atom is 0.326 e. The van der Waals surface area contributed by atoms with E-state index in [9.17, 15) is 14.4 Å². The minimum Gasteiger partial charge on any atom is -0.481 e. The zero-order valence-corrected chi connectivity index (χ0v) is 13.3. The topological polar surface area (TPSA) is 130 Å². The SMILES string of the molecule is Cc1cc(C)c2onc(CC(=O)NC(CCC(=O)O)C(=O)O)c2c1. The number of amides is 1. The lowest BCUT2D eigenvalue weighted by molar-refractivity contribution is -0.143. The number of carbonyl (C=O) groups is 3. The molecule has 0 saturated carbocycles. The summed E-state index contributed by atoms with van der Waals surface area (Å²) in [6.07, 6.45) is -0.677. The smallest absolute Gasteiger partial charge is 0.326 e. The van der Waals surface area contributed by atoms with Crippen LogP contribution in [0.2, 0.25) is 0 Å². The van der Waals surface area contributed by atoms with E-state index in [0.29, 0.717) is 16.7 Å². The van der Waals surface area contributed by atoms with Crippen LogP contribution >= 0.6 is 0 Å². The quantitative estimate of drug-likeness (QED) is 0.698. The number of hydrogen-bond acceptors (Lipinski definition) is 5. The van der Waals surface area contributed by atoms with Crippen molar-refractivity contribution >= 4 is 28.8 Å². The first-order valence-electron chi connectivity index (χ1n) is 7.37. The fourth-order valence-corrected chi connectivity index (χ4v) is 2.49. The highest BCUT2D eigenvalue weighted by molar-refractivity contribution is 5.90. The highest BCUT2D eigenvalue weighted by Crippen LogP contribution is 2.24. The van der Waals surface area contributed by atoms with E-state index < -0.39 is 23.9 Å². The third-order valence-electron chi connectivity index (χ3n) is 3.59. The number of nitrogens with zero attached hydrogens (tertiary/aromatic N) is 1. The van der Waals surface area contributed by atoms with E-state index in [1.807, 2.05) is 26.0 Å². The molecule has 3 N–H and O–H groups in total. The molecule has 0 bridgehead atoms. The van der Waals surface area contributed by atoms with E-state index in [2.05, 4.69) is 10.5 Å². The van der Waals surface area contributed by atoms with Crippen LogP contribution in [0.1, 0.15) is 29.7 Å². The normalized spacial score (nSPS) is 12.1. The first-order valence-corrected chi connectivity index (χ1v) is 7.37. The number of benzene rings is 1. The molecule has 0 saturated heterocycles. The Bertz CT molecular complexity index is 795. The number of fused-ring (bicyclic) bond motifs is 1. The Hall–Kier alpha value is -2.90. The maximum absolute atomic E-state index is 12.1. The predicted molar refractivity (Wildman–Crippen MR) is 83.6 cm³/mol. The maximum atomic E-state index is 12.1. The summed E-state index contributed by atoms with van der Waals surface area (Å²) in [6, 6.07) is 2.53. The fourth-order valence-electron chi connectivity index (χ4n) is 2.49. The summed E-state index contributed by atoms with van der Waals surface area (Å²) in [5.74, 6) is -2.95. The van der Waals surface area contributed by atoms with Gasteiger partial charge in [-0.25, -0.2) is 4.79 Å². The number of aromatic nitrogens is 1. The van der Waals surface area contributed by atoms with Crippen molar-refractivity contribution < 1.29 is 29.1 Å². The molecule has 2 aromatic rings. The molecule has 1 aromatic carbocycles. The molecule has 0 aliphatic heterocycles. The summed E-state index contributed by atoms with van der Waals surface area (Å²) in [4.78, 5) is 33.7. The lowest BCUT2D eigenvalue weighted by Crippen LogP contribution is -2.41. The van der Waals surface area contributed by atoms with E-state index in [-0.39, 0.29) is 19.3 Å². The van der Waals surface area contributed by atoms with Crippen molar-refractivity contribution in [3.63, 3.8) is 0 Å². The van der Waals surface area contributed by atoms with Gasteiger partial charge < -0.3 is 20.1 Å². The summed E-state index contributed by atoms with van der Waals surface area (Å²) in [5.41, 5.74) is 2.89. The number of carboxylic acids is 2. The number of nitrogens with one attached hydrogen (secondary N) is 1. The number of rotatable bonds is 7. The van der Waals surface area contributed by atoms with Crippen LogP contribution in [0, 0.1) is 13.8 Å². The monoisotopic (exact) mass is 334 g/mol. The molecule has 1 heterocycles. The second-order valence-corrected chi connectivity index (χ2v) is 5.66. The molecule has 0 aliphatic carbocycles. The van der Waals surface area contributed by atoms with E-state index >= 15 is 0 Å². The Kier molecular flexibility index (Phi) is 5.18. The molecule has 0 fully saturated rings. The number of carboxylic acid groups (broad SMARTS) is 2. The van der Waals surface area contributed by atoms with Crippen molar-refractivity contribution in [1.29, 1.82) is 0 Å². The lowest BCUT2D eigenvalue weighted by Gasteiger charge is -2.12. The first-order chi connectivity index (χ1) is 11.3. The van der Waals surface area contributed by atoms with Gasteiger partial charge in [-0.05, 0) is 37.5 Å². The predicted octanol–water partition coefficient (Wildman–Crippen LogP) is 1.42. The molecule has 8 heteroatoms.